The van der Waals surface area contributed by atoms with Crippen LogP contribution >= 0.6 is 23.2 Å². The van der Waals surface area contributed by atoms with Crippen LogP contribution in [0, 0.1) is 0 Å². The van der Waals surface area contributed by atoms with Crippen molar-refractivity contribution in [2.75, 3.05) is 20.1 Å². The lowest BCUT2D eigenvalue weighted by Gasteiger charge is -2.09. The quantitative estimate of drug-likeness (QED) is 0.807. The highest BCUT2D eigenvalue weighted by molar-refractivity contribution is 6.35. The first-order valence-electron chi connectivity index (χ1n) is 6.80. The predicted molar refractivity (Wildman–Crippen MR) is 85.1 cm³/mol. The Bertz CT molecular complexity index is 623. The average molecular weight is 343 g/mol. The Hall–Kier alpha value is -1.72. The fourth-order valence-corrected chi connectivity index (χ4v) is 2.80. The monoisotopic (exact) mass is 342 g/mol. The van der Waals surface area contributed by atoms with Crippen molar-refractivity contribution in [3.05, 3.63) is 45.1 Å². The summed E-state index contributed by atoms with van der Waals surface area (Å²) >= 11 is 12.1. The Morgan fingerprint density at radius 1 is 1.36 bits per heavy atom. The molecule has 1 aromatic carbocycles. The normalized spacial score (nSPS) is 14.7. The number of amides is 2. The van der Waals surface area contributed by atoms with Gasteiger partial charge in [-0.3, -0.25) is 9.59 Å². The molecule has 0 bridgehead atoms. The fourth-order valence-electron chi connectivity index (χ4n) is 2.22. The van der Waals surface area contributed by atoms with Gasteiger partial charge in [0.1, 0.15) is 0 Å². The van der Waals surface area contributed by atoms with Gasteiger partial charge in [-0.25, -0.2) is 0 Å². The maximum Gasteiger partial charge on any atom is 0.289 e. The number of likely N-dealkylation sites (N-methyl/N-ethyl adjacent to an activating group) is 1. The highest BCUT2D eigenvalue weighted by atomic mass is 35.5. The minimum absolute atomic E-state index is 0.100. The summed E-state index contributed by atoms with van der Waals surface area (Å²) in [7, 11) is 1.53. The summed E-state index contributed by atoms with van der Waals surface area (Å²) in [6.45, 7) is 0.516. The van der Waals surface area contributed by atoms with Gasteiger partial charge in [-0.05, 0) is 30.5 Å². The van der Waals surface area contributed by atoms with E-state index in [4.69, 9.17) is 23.2 Å². The summed E-state index contributed by atoms with van der Waals surface area (Å²) in [4.78, 5) is 24.6. The molecule has 0 unspecified atom stereocenters. The number of halogens is 2. The largest absolute Gasteiger partial charge is 0.503 e. The molecule has 118 valence electrons. The summed E-state index contributed by atoms with van der Waals surface area (Å²) in [5.74, 6) is -1.44. The molecule has 0 fully saturated rings. The van der Waals surface area contributed by atoms with Crippen molar-refractivity contribution in [1.82, 2.24) is 10.2 Å². The van der Waals surface area contributed by atoms with Gasteiger partial charge >= 0.3 is 0 Å². The van der Waals surface area contributed by atoms with Crippen LogP contribution in [0.5, 0.6) is 0 Å². The Morgan fingerprint density at radius 2 is 2.00 bits per heavy atom. The van der Waals surface area contributed by atoms with Crippen molar-refractivity contribution in [3.63, 3.8) is 0 Å². The Morgan fingerprint density at radius 3 is 2.55 bits per heavy atom. The molecule has 0 saturated carbocycles. The summed E-state index contributed by atoms with van der Waals surface area (Å²) in [5, 5.41) is 13.5. The summed E-state index contributed by atoms with van der Waals surface area (Å²) < 4.78 is 0. The summed E-state index contributed by atoms with van der Waals surface area (Å²) in [5.41, 5.74) is 0.946. The molecule has 1 aliphatic heterocycles. The first kappa shape index (κ1) is 16.6. The van der Waals surface area contributed by atoms with Crippen LogP contribution in [-0.2, 0) is 16.0 Å². The van der Waals surface area contributed by atoms with E-state index >= 15 is 0 Å². The number of carbonyl (C=O) groups is 2. The Kier molecular flexibility index (Phi) is 5.32. The van der Waals surface area contributed by atoms with Gasteiger partial charge in [0.2, 0.25) is 0 Å². The number of carbonyl (C=O) groups excluding carboxylic acids is 2. The van der Waals surface area contributed by atoms with Crippen LogP contribution in [0.3, 0.4) is 0 Å². The van der Waals surface area contributed by atoms with E-state index in [2.05, 4.69) is 5.32 Å². The highest BCUT2D eigenvalue weighted by Crippen LogP contribution is 2.25. The fraction of sp³-hybridized carbons (Fsp3) is 0.333. The number of aliphatic hydroxyl groups is 1. The maximum atomic E-state index is 11.9. The second kappa shape index (κ2) is 7.03. The van der Waals surface area contributed by atoms with Crippen molar-refractivity contribution in [2.24, 2.45) is 0 Å². The molecule has 0 atom stereocenters. The van der Waals surface area contributed by atoms with Gasteiger partial charge in [0.25, 0.3) is 11.8 Å². The van der Waals surface area contributed by atoms with E-state index in [1.165, 1.54) is 11.9 Å². The van der Waals surface area contributed by atoms with E-state index in [0.717, 1.165) is 5.56 Å². The van der Waals surface area contributed by atoms with Crippen LogP contribution < -0.4 is 5.32 Å². The van der Waals surface area contributed by atoms with Crippen molar-refractivity contribution >= 4 is 35.0 Å². The van der Waals surface area contributed by atoms with Crippen LogP contribution in [0.1, 0.15) is 12.0 Å². The van der Waals surface area contributed by atoms with Crippen molar-refractivity contribution in [2.45, 2.75) is 12.8 Å². The molecule has 1 aromatic rings. The molecule has 0 saturated heterocycles. The molecular formula is C15H16Cl2N2O3. The van der Waals surface area contributed by atoms with E-state index in [0.29, 0.717) is 29.4 Å². The van der Waals surface area contributed by atoms with E-state index in [1.807, 2.05) is 0 Å². The van der Waals surface area contributed by atoms with Crippen molar-refractivity contribution in [3.8, 4) is 0 Å². The van der Waals surface area contributed by atoms with Gasteiger partial charge in [0.05, 0.1) is 12.1 Å². The molecule has 22 heavy (non-hydrogen) atoms. The molecule has 0 aromatic heterocycles. The second-order valence-corrected chi connectivity index (χ2v) is 5.86. The number of nitrogens with zero attached hydrogens (tertiary/aromatic N) is 1. The molecule has 5 nitrogen and oxygen atoms in total. The molecule has 2 N–H and O–H groups in total. The Balaban J connectivity index is 1.85. The SMILES string of the molecule is CN1CC(C(=O)NCCCc2c(Cl)cccc2Cl)=C(O)C1=O. The third-order valence-corrected chi connectivity index (χ3v) is 4.16. The van der Waals surface area contributed by atoms with Crippen LogP contribution in [0.15, 0.2) is 29.5 Å². The van der Waals surface area contributed by atoms with Gasteiger partial charge in [0.15, 0.2) is 5.76 Å². The van der Waals surface area contributed by atoms with Crippen LogP contribution in [0.25, 0.3) is 0 Å². The van der Waals surface area contributed by atoms with E-state index in [9.17, 15) is 14.7 Å². The smallest absolute Gasteiger partial charge is 0.289 e. The lowest BCUT2D eigenvalue weighted by Crippen LogP contribution is -2.29. The predicted octanol–water partition coefficient (Wildman–Crippen LogP) is 2.33. The van der Waals surface area contributed by atoms with Gasteiger partial charge in [0, 0.05) is 23.6 Å². The van der Waals surface area contributed by atoms with Crippen LogP contribution in [0.4, 0.5) is 0 Å². The topological polar surface area (TPSA) is 69.6 Å². The zero-order chi connectivity index (χ0) is 16.3. The van der Waals surface area contributed by atoms with Crippen molar-refractivity contribution < 1.29 is 14.7 Å². The zero-order valence-electron chi connectivity index (χ0n) is 12.0. The molecule has 0 radical (unpaired) electrons. The zero-order valence-corrected chi connectivity index (χ0v) is 13.5. The van der Waals surface area contributed by atoms with Gasteiger partial charge < -0.3 is 15.3 Å². The van der Waals surface area contributed by atoms with Gasteiger partial charge in [-0.2, -0.15) is 0 Å². The first-order chi connectivity index (χ1) is 10.4. The minimum Gasteiger partial charge on any atom is -0.503 e. The minimum atomic E-state index is -0.534. The molecule has 0 aliphatic carbocycles. The number of nitrogens with one attached hydrogen (secondary N) is 1. The van der Waals surface area contributed by atoms with E-state index < -0.39 is 17.6 Å². The molecule has 0 spiro atoms. The lowest BCUT2D eigenvalue weighted by molar-refractivity contribution is -0.126. The van der Waals surface area contributed by atoms with Crippen LogP contribution in [-0.4, -0.2) is 42.0 Å². The number of hydrogen-bond donors (Lipinski definition) is 2. The van der Waals surface area contributed by atoms with Crippen molar-refractivity contribution in [1.29, 1.82) is 0 Å². The summed E-state index contributed by atoms with van der Waals surface area (Å²) in [6.07, 6.45) is 1.27. The number of hydrogen-bond acceptors (Lipinski definition) is 3. The van der Waals surface area contributed by atoms with E-state index in [-0.39, 0.29) is 12.1 Å². The third kappa shape index (κ3) is 3.54. The van der Waals surface area contributed by atoms with Crippen LogP contribution in [0.2, 0.25) is 10.0 Å². The lowest BCUT2D eigenvalue weighted by atomic mass is 10.1. The number of aliphatic hydroxyl groups excluding tert-OH is 1. The summed E-state index contributed by atoms with van der Waals surface area (Å²) in [6, 6.07) is 5.31. The maximum absolute atomic E-state index is 11.9. The Labute approximate surface area is 138 Å². The third-order valence-electron chi connectivity index (χ3n) is 3.46. The average Bonchev–Trinajstić information content (AvgIpc) is 2.73. The highest BCUT2D eigenvalue weighted by Gasteiger charge is 2.31. The molecular weight excluding hydrogens is 327 g/mol. The number of benzene rings is 1. The second-order valence-electron chi connectivity index (χ2n) is 5.05. The molecule has 1 aliphatic rings. The first-order valence-corrected chi connectivity index (χ1v) is 7.56. The molecule has 1 heterocycles. The molecule has 2 rings (SSSR count). The van der Waals surface area contributed by atoms with Gasteiger partial charge in [-0.1, -0.05) is 29.3 Å². The van der Waals surface area contributed by atoms with Gasteiger partial charge in [-0.15, -0.1) is 0 Å². The standard InChI is InChI=1S/C15H16Cl2N2O3/c1-19-8-10(13(20)15(19)22)14(21)18-7-3-4-9-11(16)5-2-6-12(9)17/h2,5-6,20H,3-4,7-8H2,1H3,(H,18,21). The van der Waals surface area contributed by atoms with E-state index in [1.54, 1.807) is 18.2 Å². The molecule has 7 heteroatoms. The molecule has 2 amide bonds. The number of rotatable bonds is 5.